The number of phenolic OH excluding ortho intramolecular Hbond substituents is 1. The normalized spacial score (nSPS) is 19.3. The van der Waals surface area contributed by atoms with Crippen molar-refractivity contribution < 1.29 is 9.90 Å². The molecule has 1 amide bonds. The van der Waals surface area contributed by atoms with E-state index in [1.54, 1.807) is 24.3 Å². The monoisotopic (exact) mass is 247 g/mol. The lowest BCUT2D eigenvalue weighted by molar-refractivity contribution is 0.0754. The van der Waals surface area contributed by atoms with E-state index < -0.39 is 0 Å². The average Bonchev–Trinajstić information content (AvgIpc) is 2.50. The number of benzene rings is 1. The largest absolute Gasteiger partial charge is 0.507 e. The number of hydrogen-bond acceptors (Lipinski definition) is 2. The molecule has 18 heavy (non-hydrogen) atoms. The van der Waals surface area contributed by atoms with Crippen LogP contribution < -0.4 is 0 Å². The van der Waals surface area contributed by atoms with E-state index in [1.807, 2.05) is 4.90 Å². The second-order valence-electron chi connectivity index (χ2n) is 5.83. The summed E-state index contributed by atoms with van der Waals surface area (Å²) in [5.41, 5.74) is 0.727. The van der Waals surface area contributed by atoms with Crippen LogP contribution in [0.4, 0.5) is 0 Å². The third-order valence-corrected chi connectivity index (χ3v) is 3.76. The number of nitrogens with zero attached hydrogens (tertiary/aromatic N) is 1. The summed E-state index contributed by atoms with van der Waals surface area (Å²) in [5.74, 6) is 0.0248. The molecule has 0 atom stereocenters. The molecule has 0 spiro atoms. The lowest BCUT2D eigenvalue weighted by Gasteiger charge is -2.23. The van der Waals surface area contributed by atoms with Gasteiger partial charge in [-0.1, -0.05) is 26.0 Å². The predicted molar refractivity (Wildman–Crippen MR) is 71.6 cm³/mol. The summed E-state index contributed by atoms with van der Waals surface area (Å²) in [5, 5.41) is 9.74. The first-order chi connectivity index (χ1) is 8.49. The van der Waals surface area contributed by atoms with Gasteiger partial charge in [0, 0.05) is 13.1 Å². The minimum absolute atomic E-state index is 0.0502. The topological polar surface area (TPSA) is 40.5 Å². The molecule has 1 saturated heterocycles. The molecule has 1 N–H and O–H groups in total. The molecule has 3 heteroatoms. The van der Waals surface area contributed by atoms with E-state index in [0.29, 0.717) is 11.0 Å². The SMILES string of the molecule is CC1(C)CCCN(C(=O)c2ccccc2O)CC1. The molecule has 98 valence electrons. The smallest absolute Gasteiger partial charge is 0.257 e. The zero-order valence-corrected chi connectivity index (χ0v) is 11.1. The lowest BCUT2D eigenvalue weighted by atomic mass is 9.85. The maximum Gasteiger partial charge on any atom is 0.257 e. The van der Waals surface area contributed by atoms with Crippen molar-refractivity contribution in [3.05, 3.63) is 29.8 Å². The molecule has 0 aliphatic carbocycles. The molecule has 1 aromatic carbocycles. The minimum Gasteiger partial charge on any atom is -0.507 e. The van der Waals surface area contributed by atoms with Gasteiger partial charge in [-0.25, -0.2) is 0 Å². The van der Waals surface area contributed by atoms with E-state index in [4.69, 9.17) is 0 Å². The van der Waals surface area contributed by atoms with Crippen LogP contribution in [-0.4, -0.2) is 29.0 Å². The van der Waals surface area contributed by atoms with Gasteiger partial charge in [0.05, 0.1) is 5.56 Å². The number of amides is 1. The highest BCUT2D eigenvalue weighted by molar-refractivity contribution is 5.96. The van der Waals surface area contributed by atoms with Gasteiger partial charge in [0.2, 0.25) is 0 Å². The molecule has 0 unspecified atom stereocenters. The van der Waals surface area contributed by atoms with Crippen LogP contribution in [0.5, 0.6) is 5.75 Å². The Bertz CT molecular complexity index is 440. The van der Waals surface area contributed by atoms with Crippen LogP contribution in [0.25, 0.3) is 0 Å². The van der Waals surface area contributed by atoms with E-state index >= 15 is 0 Å². The molecule has 2 rings (SSSR count). The zero-order chi connectivity index (χ0) is 13.2. The first kappa shape index (κ1) is 12.9. The van der Waals surface area contributed by atoms with E-state index in [9.17, 15) is 9.90 Å². The second kappa shape index (κ2) is 5.01. The quantitative estimate of drug-likeness (QED) is 0.828. The first-order valence-corrected chi connectivity index (χ1v) is 6.57. The van der Waals surface area contributed by atoms with Crippen LogP contribution in [0.1, 0.15) is 43.5 Å². The van der Waals surface area contributed by atoms with Gasteiger partial charge >= 0.3 is 0 Å². The first-order valence-electron chi connectivity index (χ1n) is 6.57. The molecule has 1 fully saturated rings. The molecule has 1 aliphatic rings. The minimum atomic E-state index is -0.0502. The average molecular weight is 247 g/mol. The van der Waals surface area contributed by atoms with Crippen molar-refractivity contribution in [2.45, 2.75) is 33.1 Å². The van der Waals surface area contributed by atoms with Gasteiger partial charge in [0.25, 0.3) is 5.91 Å². The summed E-state index contributed by atoms with van der Waals surface area (Å²) in [4.78, 5) is 14.2. The van der Waals surface area contributed by atoms with Crippen molar-refractivity contribution >= 4 is 5.91 Å². The number of carbonyl (C=O) groups is 1. The van der Waals surface area contributed by atoms with Crippen molar-refractivity contribution in [3.8, 4) is 5.75 Å². The number of carbonyl (C=O) groups excluding carboxylic acids is 1. The van der Waals surface area contributed by atoms with E-state index in [2.05, 4.69) is 13.8 Å². The highest BCUT2D eigenvalue weighted by atomic mass is 16.3. The lowest BCUT2D eigenvalue weighted by Crippen LogP contribution is -2.32. The highest BCUT2D eigenvalue weighted by Gasteiger charge is 2.26. The summed E-state index contributed by atoms with van der Waals surface area (Å²) < 4.78 is 0. The molecular weight excluding hydrogens is 226 g/mol. The maximum absolute atomic E-state index is 12.4. The van der Waals surface area contributed by atoms with Gasteiger partial charge in [-0.2, -0.15) is 0 Å². The Morgan fingerprint density at radius 2 is 1.94 bits per heavy atom. The summed E-state index contributed by atoms with van der Waals surface area (Å²) in [7, 11) is 0. The molecule has 1 aromatic rings. The standard InChI is InChI=1S/C15H21NO2/c1-15(2)8-5-10-16(11-9-15)14(18)12-6-3-4-7-13(12)17/h3-4,6-7,17H,5,8-11H2,1-2H3. The third-order valence-electron chi connectivity index (χ3n) is 3.76. The number of aromatic hydroxyl groups is 1. The summed E-state index contributed by atoms with van der Waals surface area (Å²) >= 11 is 0. The van der Waals surface area contributed by atoms with Gasteiger partial charge in [0.15, 0.2) is 0 Å². The Hall–Kier alpha value is -1.51. The summed E-state index contributed by atoms with van der Waals surface area (Å²) in [6.45, 7) is 6.07. The van der Waals surface area contributed by atoms with Crippen LogP contribution in [0.3, 0.4) is 0 Å². The molecule has 1 aliphatic heterocycles. The van der Waals surface area contributed by atoms with Crippen molar-refractivity contribution in [2.24, 2.45) is 5.41 Å². The Morgan fingerprint density at radius 3 is 2.67 bits per heavy atom. The molecule has 1 heterocycles. The van der Waals surface area contributed by atoms with Gasteiger partial charge in [-0.05, 0) is 36.8 Å². The van der Waals surface area contributed by atoms with Crippen LogP contribution in [0.2, 0.25) is 0 Å². The number of likely N-dealkylation sites (tertiary alicyclic amines) is 1. The number of phenols is 1. The maximum atomic E-state index is 12.4. The number of para-hydroxylation sites is 1. The van der Waals surface area contributed by atoms with Crippen molar-refractivity contribution in [3.63, 3.8) is 0 Å². The summed E-state index contributed by atoms with van der Waals surface area (Å²) in [6.07, 6.45) is 3.20. The molecular formula is C15H21NO2. The fourth-order valence-electron chi connectivity index (χ4n) is 2.45. The molecule has 0 aromatic heterocycles. The molecule has 0 saturated carbocycles. The Labute approximate surface area is 108 Å². The predicted octanol–water partition coefficient (Wildman–Crippen LogP) is 3.04. The van der Waals surface area contributed by atoms with Gasteiger partial charge in [-0.15, -0.1) is 0 Å². The highest BCUT2D eigenvalue weighted by Crippen LogP contribution is 2.30. The second-order valence-corrected chi connectivity index (χ2v) is 5.83. The van der Waals surface area contributed by atoms with E-state index in [1.165, 1.54) is 0 Å². The molecule has 0 bridgehead atoms. The van der Waals surface area contributed by atoms with Crippen LogP contribution >= 0.6 is 0 Å². The zero-order valence-electron chi connectivity index (χ0n) is 11.1. The van der Waals surface area contributed by atoms with Crippen LogP contribution in [0, 0.1) is 5.41 Å². The fourth-order valence-corrected chi connectivity index (χ4v) is 2.45. The van der Waals surface area contributed by atoms with Crippen molar-refractivity contribution in [1.82, 2.24) is 4.90 Å². The van der Waals surface area contributed by atoms with Gasteiger partial charge < -0.3 is 10.0 Å². The fraction of sp³-hybridized carbons (Fsp3) is 0.533. The van der Waals surface area contributed by atoms with Gasteiger partial charge in [0.1, 0.15) is 5.75 Å². The van der Waals surface area contributed by atoms with Crippen molar-refractivity contribution in [2.75, 3.05) is 13.1 Å². The van der Waals surface area contributed by atoms with Crippen LogP contribution in [-0.2, 0) is 0 Å². The number of hydrogen-bond donors (Lipinski definition) is 1. The Kier molecular flexibility index (Phi) is 3.60. The molecule has 0 radical (unpaired) electrons. The van der Waals surface area contributed by atoms with E-state index in [-0.39, 0.29) is 11.7 Å². The Morgan fingerprint density at radius 1 is 1.22 bits per heavy atom. The van der Waals surface area contributed by atoms with Crippen molar-refractivity contribution in [1.29, 1.82) is 0 Å². The third kappa shape index (κ3) is 2.84. The van der Waals surface area contributed by atoms with Gasteiger partial charge in [-0.3, -0.25) is 4.79 Å². The van der Waals surface area contributed by atoms with E-state index in [0.717, 1.165) is 32.4 Å². The Balaban J connectivity index is 2.13. The van der Waals surface area contributed by atoms with Crippen LogP contribution in [0.15, 0.2) is 24.3 Å². The molecule has 3 nitrogen and oxygen atoms in total. The number of rotatable bonds is 1. The summed E-state index contributed by atoms with van der Waals surface area (Å²) in [6, 6.07) is 6.77.